The van der Waals surface area contributed by atoms with Crippen molar-refractivity contribution in [1.82, 2.24) is 0 Å². The number of nitrogens with one attached hydrogen (secondary N) is 2. The summed E-state index contributed by atoms with van der Waals surface area (Å²) in [6.07, 6.45) is 2.84. The number of carbonyl (C=O) groups is 2. The van der Waals surface area contributed by atoms with Crippen molar-refractivity contribution in [3.63, 3.8) is 0 Å². The second-order valence-electron chi connectivity index (χ2n) is 12.6. The van der Waals surface area contributed by atoms with Crippen LogP contribution in [-0.4, -0.2) is 11.8 Å². The maximum atomic E-state index is 14.0. The molecular weight excluding hydrogens is 595 g/mol. The van der Waals surface area contributed by atoms with Gasteiger partial charge < -0.3 is 10.6 Å². The predicted octanol–water partition coefficient (Wildman–Crippen LogP) is 9.65. The lowest BCUT2D eigenvalue weighted by molar-refractivity contribution is -0.115. The van der Waals surface area contributed by atoms with Crippen LogP contribution >= 0.6 is 23.1 Å². The van der Waals surface area contributed by atoms with Gasteiger partial charge in [-0.15, -0.1) is 23.1 Å². The summed E-state index contributed by atoms with van der Waals surface area (Å²) in [5, 5.41) is 18.4. The molecule has 0 fully saturated rings. The van der Waals surface area contributed by atoms with Gasteiger partial charge >= 0.3 is 0 Å². The van der Waals surface area contributed by atoms with Gasteiger partial charge in [-0.3, -0.25) is 9.59 Å². The molecule has 7 heteroatoms. The molecule has 0 bridgehead atoms. The zero-order valence-electron chi connectivity index (χ0n) is 25.6. The van der Waals surface area contributed by atoms with Gasteiger partial charge in [0, 0.05) is 21.0 Å². The van der Waals surface area contributed by atoms with Crippen molar-refractivity contribution in [3.05, 3.63) is 124 Å². The SMILES string of the molecule is CC(C)(C)C1CCc2c(sc(NC(=O)C(Sc3cccc(NC(=O)c4ccc5ccccc5c4)c3)c3ccccc3)c2C#N)C1. The number of thioether (sulfide) groups is 1. The average molecular weight is 630 g/mol. The van der Waals surface area contributed by atoms with E-state index in [1.165, 1.54) is 16.6 Å². The van der Waals surface area contributed by atoms with Gasteiger partial charge in [-0.2, -0.15) is 5.26 Å². The Morgan fingerprint density at radius 1 is 0.911 bits per heavy atom. The lowest BCUT2D eigenvalue weighted by Gasteiger charge is -2.33. The van der Waals surface area contributed by atoms with Crippen molar-refractivity contribution in [3.8, 4) is 6.07 Å². The molecule has 226 valence electrons. The normalized spacial score (nSPS) is 15.1. The fraction of sp³-hybridized carbons (Fsp3) is 0.237. The number of anilines is 2. The number of benzene rings is 4. The first-order valence-electron chi connectivity index (χ1n) is 15.2. The number of amides is 2. The Morgan fingerprint density at radius 2 is 1.67 bits per heavy atom. The van der Waals surface area contributed by atoms with Crippen molar-refractivity contribution in [2.45, 2.75) is 50.2 Å². The summed E-state index contributed by atoms with van der Waals surface area (Å²) in [7, 11) is 0. The number of carbonyl (C=O) groups excluding carboxylic acids is 2. The fourth-order valence-electron chi connectivity index (χ4n) is 5.93. The van der Waals surface area contributed by atoms with E-state index < -0.39 is 5.25 Å². The lowest BCUT2D eigenvalue weighted by atomic mass is 9.72. The highest BCUT2D eigenvalue weighted by atomic mass is 32.2. The summed E-state index contributed by atoms with van der Waals surface area (Å²) in [6, 6.07) is 33.2. The molecule has 0 saturated carbocycles. The molecule has 1 aliphatic rings. The largest absolute Gasteiger partial charge is 0.322 e. The monoisotopic (exact) mass is 629 g/mol. The summed E-state index contributed by atoms with van der Waals surface area (Å²) >= 11 is 2.97. The molecule has 0 spiro atoms. The number of nitriles is 1. The average Bonchev–Trinajstić information content (AvgIpc) is 3.39. The molecule has 5 nitrogen and oxygen atoms in total. The Kier molecular flexibility index (Phi) is 8.80. The molecule has 2 atom stereocenters. The maximum absolute atomic E-state index is 14.0. The number of rotatable bonds is 7. The van der Waals surface area contributed by atoms with Crippen LogP contribution < -0.4 is 10.6 Å². The van der Waals surface area contributed by atoms with Gasteiger partial charge in [-0.1, -0.05) is 87.5 Å². The standard InChI is InChI=1S/C38H35N3O2S2/c1-38(2,3)28-18-19-31-32(23-39)37(45-33(31)21-28)41-36(43)34(25-11-5-4-6-12-25)44-30-15-9-14-29(22-30)40-35(42)27-17-16-24-10-7-8-13-26(24)20-27/h4-17,20,22,28,34H,18-19,21H2,1-3H3,(H,40,42)(H,41,43). The zero-order chi connectivity index (χ0) is 31.6. The second-order valence-corrected chi connectivity index (χ2v) is 14.9. The summed E-state index contributed by atoms with van der Waals surface area (Å²) in [5.41, 5.74) is 3.97. The van der Waals surface area contributed by atoms with Crippen LogP contribution in [0.1, 0.15) is 64.4 Å². The van der Waals surface area contributed by atoms with E-state index in [-0.39, 0.29) is 17.2 Å². The van der Waals surface area contributed by atoms with Gasteiger partial charge in [0.25, 0.3) is 5.91 Å². The molecule has 2 unspecified atom stereocenters. The van der Waals surface area contributed by atoms with Crippen molar-refractivity contribution < 1.29 is 9.59 Å². The first-order valence-corrected chi connectivity index (χ1v) is 16.9. The quantitative estimate of drug-likeness (QED) is 0.176. The van der Waals surface area contributed by atoms with Crippen LogP contribution in [0.2, 0.25) is 0 Å². The lowest BCUT2D eigenvalue weighted by Crippen LogP contribution is -2.26. The third-order valence-corrected chi connectivity index (χ3v) is 11.0. The second kappa shape index (κ2) is 12.9. The van der Waals surface area contributed by atoms with Gasteiger partial charge in [-0.25, -0.2) is 0 Å². The molecular formula is C38H35N3O2S2. The number of hydrogen-bond acceptors (Lipinski definition) is 5. The van der Waals surface area contributed by atoms with E-state index in [0.29, 0.717) is 27.7 Å². The highest BCUT2D eigenvalue weighted by molar-refractivity contribution is 8.00. The van der Waals surface area contributed by atoms with Crippen molar-refractivity contribution in [1.29, 1.82) is 5.26 Å². The van der Waals surface area contributed by atoms with E-state index in [1.807, 2.05) is 97.1 Å². The predicted molar refractivity (Wildman–Crippen MR) is 186 cm³/mol. The first-order chi connectivity index (χ1) is 21.7. The number of fused-ring (bicyclic) bond motifs is 2. The fourth-order valence-corrected chi connectivity index (χ4v) is 8.29. The minimum absolute atomic E-state index is 0.181. The number of nitrogens with zero attached hydrogens (tertiary/aromatic N) is 1. The minimum Gasteiger partial charge on any atom is -0.322 e. The molecule has 2 N–H and O–H groups in total. The number of thiophene rings is 1. The first kappa shape index (κ1) is 30.6. The summed E-state index contributed by atoms with van der Waals surface area (Å²) < 4.78 is 0. The Hall–Kier alpha value is -4.38. The Balaban J connectivity index is 1.22. The molecule has 0 radical (unpaired) electrons. The molecule has 0 aliphatic heterocycles. The van der Waals surface area contributed by atoms with Crippen LogP contribution in [-0.2, 0) is 17.6 Å². The summed E-state index contributed by atoms with van der Waals surface area (Å²) in [5.74, 6) is 0.166. The van der Waals surface area contributed by atoms with Gasteiger partial charge in [0.15, 0.2) is 0 Å². The molecule has 6 rings (SSSR count). The molecule has 4 aromatic carbocycles. The third-order valence-electron chi connectivity index (χ3n) is 8.54. The van der Waals surface area contributed by atoms with Crippen LogP contribution in [0.15, 0.2) is 102 Å². The van der Waals surface area contributed by atoms with Gasteiger partial charge in [0.05, 0.1) is 5.56 Å². The highest BCUT2D eigenvalue weighted by Crippen LogP contribution is 2.45. The van der Waals surface area contributed by atoms with Crippen LogP contribution in [0.25, 0.3) is 10.8 Å². The smallest absolute Gasteiger partial charge is 0.255 e. The Bertz CT molecular complexity index is 1920. The van der Waals surface area contributed by atoms with E-state index in [4.69, 9.17) is 0 Å². The Morgan fingerprint density at radius 3 is 2.42 bits per heavy atom. The van der Waals surface area contributed by atoms with Crippen molar-refractivity contribution >= 4 is 56.4 Å². The molecule has 0 saturated heterocycles. The Labute approximate surface area is 272 Å². The van der Waals surface area contributed by atoms with Crippen LogP contribution in [0, 0.1) is 22.7 Å². The van der Waals surface area contributed by atoms with Crippen LogP contribution in [0.5, 0.6) is 0 Å². The molecule has 1 aliphatic carbocycles. The minimum atomic E-state index is -0.564. The van der Waals surface area contributed by atoms with E-state index in [2.05, 4.69) is 37.5 Å². The van der Waals surface area contributed by atoms with Gasteiger partial charge in [0.1, 0.15) is 16.3 Å². The van der Waals surface area contributed by atoms with E-state index >= 15 is 0 Å². The van der Waals surface area contributed by atoms with Gasteiger partial charge in [0.2, 0.25) is 5.91 Å². The van der Waals surface area contributed by atoms with Crippen molar-refractivity contribution in [2.75, 3.05) is 10.6 Å². The van der Waals surface area contributed by atoms with Gasteiger partial charge in [-0.05, 0) is 82.8 Å². The molecule has 1 heterocycles. The van der Waals surface area contributed by atoms with Crippen LogP contribution in [0.3, 0.4) is 0 Å². The van der Waals surface area contributed by atoms with Crippen molar-refractivity contribution in [2.24, 2.45) is 11.3 Å². The molecule has 2 amide bonds. The number of hydrogen-bond donors (Lipinski definition) is 2. The summed E-state index contributed by atoms with van der Waals surface area (Å²) in [6.45, 7) is 6.82. The molecule has 5 aromatic rings. The third kappa shape index (κ3) is 6.83. The highest BCUT2D eigenvalue weighted by Gasteiger charge is 2.33. The van der Waals surface area contributed by atoms with Crippen LogP contribution in [0.4, 0.5) is 10.7 Å². The zero-order valence-corrected chi connectivity index (χ0v) is 27.2. The maximum Gasteiger partial charge on any atom is 0.255 e. The van der Waals surface area contributed by atoms with E-state index in [0.717, 1.165) is 46.1 Å². The molecule has 45 heavy (non-hydrogen) atoms. The van der Waals surface area contributed by atoms with E-state index in [1.54, 1.807) is 11.3 Å². The topological polar surface area (TPSA) is 82.0 Å². The molecule has 1 aromatic heterocycles. The van der Waals surface area contributed by atoms with E-state index in [9.17, 15) is 14.9 Å². The summed E-state index contributed by atoms with van der Waals surface area (Å²) in [4.78, 5) is 29.2.